The number of hydrogen-bond donors (Lipinski definition) is 0. The van der Waals surface area contributed by atoms with E-state index in [0.717, 1.165) is 44.9 Å². The first-order valence-electron chi connectivity index (χ1n) is 8.44. The molecule has 0 unspecified atom stereocenters. The summed E-state index contributed by atoms with van der Waals surface area (Å²) in [5.41, 5.74) is 5.07. The maximum atomic E-state index is 13.4. The molecule has 0 fully saturated rings. The van der Waals surface area contributed by atoms with Crippen LogP contribution in [0.25, 0.3) is 27.5 Å². The van der Waals surface area contributed by atoms with Crippen molar-refractivity contribution in [2.45, 2.75) is 20.3 Å². The largest absolute Gasteiger partial charge is 0.296 e. The van der Waals surface area contributed by atoms with Gasteiger partial charge in [0.25, 0.3) is 0 Å². The summed E-state index contributed by atoms with van der Waals surface area (Å²) in [6, 6.07) is 14.4. The molecule has 0 aliphatic heterocycles. The number of rotatable bonds is 4. The Morgan fingerprint density at radius 3 is 2.35 bits per heavy atom. The van der Waals surface area contributed by atoms with Crippen LogP contribution < -0.4 is 0 Å². The molecule has 2 heterocycles. The standard InChI is InChI=1S/C21H17FN2OS/c1-3-18-20(15-8-10-16(22)11-9-15)24-17(12-25)19(23-21(24)26-18)14-6-4-13(2)5-7-14/h4-12H,3H2,1-2H3. The zero-order valence-corrected chi connectivity index (χ0v) is 15.3. The lowest BCUT2D eigenvalue weighted by Crippen LogP contribution is -1.96. The number of aromatic nitrogens is 2. The van der Waals surface area contributed by atoms with Gasteiger partial charge in [0.15, 0.2) is 11.2 Å². The van der Waals surface area contributed by atoms with Gasteiger partial charge in [-0.05, 0) is 43.2 Å². The Hall–Kier alpha value is -2.79. The minimum atomic E-state index is -0.278. The number of aryl methyl sites for hydroxylation is 2. The molecule has 2 aromatic heterocycles. The zero-order valence-electron chi connectivity index (χ0n) is 14.5. The van der Waals surface area contributed by atoms with Gasteiger partial charge in [-0.1, -0.05) is 36.8 Å². The average Bonchev–Trinajstić information content (AvgIpc) is 3.18. The van der Waals surface area contributed by atoms with Gasteiger partial charge >= 0.3 is 0 Å². The van der Waals surface area contributed by atoms with Crippen LogP contribution in [-0.2, 0) is 6.42 Å². The van der Waals surface area contributed by atoms with Gasteiger partial charge in [-0.25, -0.2) is 9.37 Å². The maximum absolute atomic E-state index is 13.4. The fourth-order valence-electron chi connectivity index (χ4n) is 3.15. The molecule has 0 spiro atoms. The number of aldehydes is 1. The molecule has 5 heteroatoms. The van der Waals surface area contributed by atoms with Crippen LogP contribution in [0, 0.1) is 12.7 Å². The summed E-state index contributed by atoms with van der Waals surface area (Å²) in [7, 11) is 0. The lowest BCUT2D eigenvalue weighted by atomic mass is 10.1. The molecule has 0 bridgehead atoms. The van der Waals surface area contributed by atoms with Crippen molar-refractivity contribution in [3.05, 3.63) is 70.5 Å². The van der Waals surface area contributed by atoms with Crippen molar-refractivity contribution in [3.63, 3.8) is 0 Å². The molecule has 0 amide bonds. The summed E-state index contributed by atoms with van der Waals surface area (Å²) in [4.78, 5) is 18.6. The minimum absolute atomic E-state index is 0.278. The van der Waals surface area contributed by atoms with E-state index in [9.17, 15) is 9.18 Å². The second-order valence-corrected chi connectivity index (χ2v) is 7.24. The molecule has 4 rings (SSSR count). The third kappa shape index (κ3) is 2.65. The van der Waals surface area contributed by atoms with Crippen molar-refractivity contribution in [3.8, 4) is 22.5 Å². The number of nitrogens with zero attached hydrogens (tertiary/aromatic N) is 2. The Bertz CT molecular complexity index is 1090. The van der Waals surface area contributed by atoms with E-state index in [1.807, 2.05) is 35.6 Å². The van der Waals surface area contributed by atoms with E-state index < -0.39 is 0 Å². The molecule has 4 aromatic rings. The Kier molecular flexibility index (Phi) is 4.17. The third-order valence-corrected chi connectivity index (χ3v) is 5.64. The topological polar surface area (TPSA) is 34.4 Å². The van der Waals surface area contributed by atoms with Crippen molar-refractivity contribution >= 4 is 22.6 Å². The van der Waals surface area contributed by atoms with Crippen LogP contribution in [0.5, 0.6) is 0 Å². The average molecular weight is 364 g/mol. The molecule has 26 heavy (non-hydrogen) atoms. The molecule has 0 radical (unpaired) electrons. The highest BCUT2D eigenvalue weighted by Gasteiger charge is 2.21. The van der Waals surface area contributed by atoms with Crippen molar-refractivity contribution in [1.82, 2.24) is 9.38 Å². The normalized spacial score (nSPS) is 11.2. The lowest BCUT2D eigenvalue weighted by molar-refractivity contribution is 0.111. The number of fused-ring (bicyclic) bond motifs is 1. The van der Waals surface area contributed by atoms with Crippen LogP contribution in [-0.4, -0.2) is 15.7 Å². The second kappa shape index (κ2) is 6.50. The predicted molar refractivity (Wildman–Crippen MR) is 103 cm³/mol. The number of imidazole rings is 1. The van der Waals surface area contributed by atoms with E-state index >= 15 is 0 Å². The molecule has 0 aliphatic rings. The van der Waals surface area contributed by atoms with Crippen LogP contribution >= 0.6 is 11.3 Å². The van der Waals surface area contributed by atoms with Gasteiger partial charge in [0.2, 0.25) is 0 Å². The summed E-state index contributed by atoms with van der Waals surface area (Å²) < 4.78 is 15.3. The van der Waals surface area contributed by atoms with Gasteiger partial charge < -0.3 is 0 Å². The van der Waals surface area contributed by atoms with E-state index in [1.165, 1.54) is 12.1 Å². The Balaban J connectivity index is 2.00. The van der Waals surface area contributed by atoms with Crippen LogP contribution in [0.2, 0.25) is 0 Å². The first-order chi connectivity index (χ1) is 12.6. The Labute approximate surface area is 154 Å². The summed E-state index contributed by atoms with van der Waals surface area (Å²) in [6.45, 7) is 4.09. The van der Waals surface area contributed by atoms with Gasteiger partial charge in [0, 0.05) is 10.4 Å². The highest BCUT2D eigenvalue weighted by atomic mass is 32.1. The van der Waals surface area contributed by atoms with Crippen LogP contribution in [0.15, 0.2) is 48.5 Å². The smallest absolute Gasteiger partial charge is 0.195 e. The van der Waals surface area contributed by atoms with Crippen molar-refractivity contribution in [1.29, 1.82) is 0 Å². The first-order valence-corrected chi connectivity index (χ1v) is 9.26. The van der Waals surface area contributed by atoms with Gasteiger partial charge in [-0.3, -0.25) is 9.20 Å². The van der Waals surface area contributed by atoms with Gasteiger partial charge in [-0.15, -0.1) is 11.3 Å². The fraction of sp³-hybridized carbons (Fsp3) is 0.143. The maximum Gasteiger partial charge on any atom is 0.195 e. The van der Waals surface area contributed by atoms with Gasteiger partial charge in [-0.2, -0.15) is 0 Å². The summed E-state index contributed by atoms with van der Waals surface area (Å²) in [6.07, 6.45) is 1.67. The quantitative estimate of drug-likeness (QED) is 0.445. The molecular formula is C21H17FN2OS. The highest BCUT2D eigenvalue weighted by molar-refractivity contribution is 7.17. The molecule has 0 atom stereocenters. The summed E-state index contributed by atoms with van der Waals surface area (Å²) >= 11 is 1.57. The number of hydrogen-bond acceptors (Lipinski definition) is 3. The third-order valence-electron chi connectivity index (χ3n) is 4.46. The Morgan fingerprint density at radius 2 is 1.73 bits per heavy atom. The number of thiazole rings is 1. The molecule has 130 valence electrons. The number of benzene rings is 2. The number of carbonyl (C=O) groups is 1. The highest BCUT2D eigenvalue weighted by Crippen LogP contribution is 2.36. The summed E-state index contributed by atoms with van der Waals surface area (Å²) in [5.74, 6) is -0.278. The second-order valence-electron chi connectivity index (χ2n) is 6.18. The lowest BCUT2D eigenvalue weighted by Gasteiger charge is -2.06. The minimum Gasteiger partial charge on any atom is -0.296 e. The molecule has 0 aliphatic carbocycles. The van der Waals surface area contributed by atoms with Gasteiger partial charge in [0.1, 0.15) is 17.2 Å². The van der Waals surface area contributed by atoms with Crippen molar-refractivity contribution < 1.29 is 9.18 Å². The Morgan fingerprint density at radius 1 is 1.08 bits per heavy atom. The first kappa shape index (κ1) is 16.7. The van der Waals surface area contributed by atoms with E-state index in [0.29, 0.717) is 11.4 Å². The van der Waals surface area contributed by atoms with Crippen LogP contribution in [0.4, 0.5) is 4.39 Å². The number of carbonyl (C=O) groups excluding carboxylic acids is 1. The van der Waals surface area contributed by atoms with Crippen LogP contribution in [0.3, 0.4) is 0 Å². The number of halogens is 1. The van der Waals surface area contributed by atoms with E-state index in [1.54, 1.807) is 23.5 Å². The fourth-order valence-corrected chi connectivity index (χ4v) is 4.24. The predicted octanol–water partition coefficient (Wildman–Crippen LogP) is 5.55. The molecule has 3 nitrogen and oxygen atoms in total. The SMILES string of the molecule is CCc1sc2nc(-c3ccc(C)cc3)c(C=O)n2c1-c1ccc(F)cc1. The molecule has 2 aromatic carbocycles. The van der Waals surface area contributed by atoms with Crippen molar-refractivity contribution in [2.75, 3.05) is 0 Å². The van der Waals surface area contributed by atoms with E-state index in [-0.39, 0.29) is 5.82 Å². The van der Waals surface area contributed by atoms with E-state index in [4.69, 9.17) is 4.98 Å². The van der Waals surface area contributed by atoms with Gasteiger partial charge in [0.05, 0.1) is 5.69 Å². The molecule has 0 N–H and O–H groups in total. The van der Waals surface area contributed by atoms with Crippen LogP contribution in [0.1, 0.15) is 27.9 Å². The zero-order chi connectivity index (χ0) is 18.3. The van der Waals surface area contributed by atoms with Crippen molar-refractivity contribution in [2.24, 2.45) is 0 Å². The van der Waals surface area contributed by atoms with E-state index in [2.05, 4.69) is 6.92 Å². The summed E-state index contributed by atoms with van der Waals surface area (Å²) in [5, 5.41) is 0. The monoisotopic (exact) mass is 364 g/mol. The molecule has 0 saturated carbocycles. The molecule has 0 saturated heterocycles. The molecular weight excluding hydrogens is 347 g/mol.